The number of allylic oxidation sites excluding steroid dienone is 2. The zero-order chi connectivity index (χ0) is 15.0. The predicted molar refractivity (Wildman–Crippen MR) is 78.2 cm³/mol. The standard InChI is InChI=1S/C17H26O3/c1-16(2,3)20-15(19)9-12-11-17(4)8-6-5-7-13(17)10-14(12)18/h10,12H,5-9,11H2,1-4H3/t12-,17+/m0/s1. The van der Waals surface area contributed by atoms with Gasteiger partial charge in [0, 0.05) is 5.92 Å². The van der Waals surface area contributed by atoms with E-state index in [1.54, 1.807) is 0 Å². The third-order valence-corrected chi connectivity index (χ3v) is 4.45. The van der Waals surface area contributed by atoms with Gasteiger partial charge in [0.05, 0.1) is 6.42 Å². The number of hydrogen-bond acceptors (Lipinski definition) is 3. The van der Waals surface area contributed by atoms with Crippen LogP contribution < -0.4 is 0 Å². The van der Waals surface area contributed by atoms with Gasteiger partial charge in [-0.1, -0.05) is 18.9 Å². The second-order valence-electron chi connectivity index (χ2n) is 7.53. The third kappa shape index (κ3) is 3.50. The molecule has 20 heavy (non-hydrogen) atoms. The van der Waals surface area contributed by atoms with Crippen LogP contribution in [0.2, 0.25) is 0 Å². The molecule has 0 aromatic heterocycles. The Hall–Kier alpha value is -1.12. The average Bonchev–Trinajstić information content (AvgIpc) is 2.28. The van der Waals surface area contributed by atoms with Gasteiger partial charge >= 0.3 is 5.97 Å². The Morgan fingerprint density at radius 2 is 2.10 bits per heavy atom. The smallest absolute Gasteiger partial charge is 0.307 e. The molecule has 1 saturated carbocycles. The van der Waals surface area contributed by atoms with Crippen molar-refractivity contribution >= 4 is 11.8 Å². The Labute approximate surface area is 121 Å². The molecule has 0 radical (unpaired) electrons. The molecule has 0 bridgehead atoms. The van der Waals surface area contributed by atoms with Gasteiger partial charge in [-0.25, -0.2) is 0 Å². The van der Waals surface area contributed by atoms with Crippen molar-refractivity contribution in [1.82, 2.24) is 0 Å². The highest BCUT2D eigenvalue weighted by Gasteiger charge is 2.40. The van der Waals surface area contributed by atoms with E-state index in [9.17, 15) is 9.59 Å². The fourth-order valence-electron chi connectivity index (χ4n) is 3.46. The largest absolute Gasteiger partial charge is 0.460 e. The van der Waals surface area contributed by atoms with E-state index in [0.717, 1.165) is 19.3 Å². The van der Waals surface area contributed by atoms with Crippen molar-refractivity contribution in [1.29, 1.82) is 0 Å². The van der Waals surface area contributed by atoms with Crippen molar-refractivity contribution < 1.29 is 14.3 Å². The van der Waals surface area contributed by atoms with Gasteiger partial charge in [0.15, 0.2) is 5.78 Å². The van der Waals surface area contributed by atoms with E-state index in [2.05, 4.69) is 6.92 Å². The van der Waals surface area contributed by atoms with Crippen LogP contribution in [0.3, 0.4) is 0 Å². The molecule has 112 valence electrons. The lowest BCUT2D eigenvalue weighted by Crippen LogP contribution is -2.36. The van der Waals surface area contributed by atoms with Gasteiger partial charge in [-0.05, 0) is 57.9 Å². The summed E-state index contributed by atoms with van der Waals surface area (Å²) in [5.74, 6) is -0.339. The first kappa shape index (κ1) is 15.3. The molecule has 0 amide bonds. The fourth-order valence-corrected chi connectivity index (χ4v) is 3.46. The number of rotatable bonds is 2. The number of carbonyl (C=O) groups excluding carboxylic acids is 2. The van der Waals surface area contributed by atoms with Crippen molar-refractivity contribution in [2.45, 2.75) is 71.8 Å². The van der Waals surface area contributed by atoms with Gasteiger partial charge in [-0.2, -0.15) is 0 Å². The minimum absolute atomic E-state index is 0.116. The Balaban J connectivity index is 2.05. The van der Waals surface area contributed by atoms with Crippen LogP contribution >= 0.6 is 0 Å². The third-order valence-electron chi connectivity index (χ3n) is 4.45. The molecule has 3 heteroatoms. The van der Waals surface area contributed by atoms with E-state index in [0.29, 0.717) is 0 Å². The van der Waals surface area contributed by atoms with Gasteiger partial charge < -0.3 is 4.74 Å². The molecule has 2 aliphatic carbocycles. The second kappa shape index (κ2) is 5.34. The minimum atomic E-state index is -0.482. The first-order chi connectivity index (χ1) is 9.20. The lowest BCUT2D eigenvalue weighted by Gasteiger charge is -2.41. The number of ketones is 1. The Bertz CT molecular complexity index is 442. The van der Waals surface area contributed by atoms with E-state index in [1.165, 1.54) is 18.4 Å². The van der Waals surface area contributed by atoms with Gasteiger partial charge in [0.2, 0.25) is 0 Å². The highest BCUT2D eigenvalue weighted by molar-refractivity contribution is 5.95. The summed E-state index contributed by atoms with van der Waals surface area (Å²) < 4.78 is 5.35. The number of esters is 1. The van der Waals surface area contributed by atoms with Crippen LogP contribution in [0, 0.1) is 11.3 Å². The number of fused-ring (bicyclic) bond motifs is 1. The SMILES string of the molecule is CC(C)(C)OC(=O)C[C@H]1C[C@@]2(C)CCCCC2=CC1=O. The summed E-state index contributed by atoms with van der Waals surface area (Å²) in [6.45, 7) is 7.81. The summed E-state index contributed by atoms with van der Waals surface area (Å²) >= 11 is 0. The van der Waals surface area contributed by atoms with Crippen LogP contribution in [0.1, 0.15) is 66.2 Å². The summed E-state index contributed by atoms with van der Waals surface area (Å²) in [4.78, 5) is 24.2. The monoisotopic (exact) mass is 278 g/mol. The van der Waals surface area contributed by atoms with E-state index >= 15 is 0 Å². The molecule has 0 saturated heterocycles. The Morgan fingerprint density at radius 1 is 1.40 bits per heavy atom. The molecule has 0 spiro atoms. The Morgan fingerprint density at radius 3 is 2.75 bits per heavy atom. The van der Waals surface area contributed by atoms with Crippen LogP contribution in [0.15, 0.2) is 11.6 Å². The summed E-state index contributed by atoms with van der Waals surface area (Å²) in [7, 11) is 0. The second-order valence-corrected chi connectivity index (χ2v) is 7.53. The average molecular weight is 278 g/mol. The number of hydrogen-bond donors (Lipinski definition) is 0. The van der Waals surface area contributed by atoms with Crippen molar-refractivity contribution in [2.24, 2.45) is 11.3 Å². The molecule has 2 atom stereocenters. The van der Waals surface area contributed by atoms with Gasteiger partial charge in [0.25, 0.3) is 0 Å². The maximum atomic E-state index is 12.2. The van der Waals surface area contributed by atoms with Crippen LogP contribution in [0.5, 0.6) is 0 Å². The van der Waals surface area contributed by atoms with Crippen LogP contribution in [0.25, 0.3) is 0 Å². The van der Waals surface area contributed by atoms with E-state index in [4.69, 9.17) is 4.74 Å². The predicted octanol–water partition coefficient (Wildman–Crippen LogP) is 3.81. The first-order valence-corrected chi connectivity index (χ1v) is 7.66. The van der Waals surface area contributed by atoms with Crippen LogP contribution in [0.4, 0.5) is 0 Å². The molecule has 0 aliphatic heterocycles. The van der Waals surface area contributed by atoms with Crippen molar-refractivity contribution in [3.05, 3.63) is 11.6 Å². The van der Waals surface area contributed by atoms with Crippen LogP contribution in [-0.4, -0.2) is 17.4 Å². The highest BCUT2D eigenvalue weighted by Crippen LogP contribution is 2.48. The van der Waals surface area contributed by atoms with E-state index in [1.807, 2.05) is 26.8 Å². The van der Waals surface area contributed by atoms with Crippen molar-refractivity contribution in [2.75, 3.05) is 0 Å². The van der Waals surface area contributed by atoms with Crippen molar-refractivity contribution in [3.63, 3.8) is 0 Å². The number of carbonyl (C=O) groups is 2. The molecule has 2 aliphatic rings. The normalized spacial score (nSPS) is 30.5. The van der Waals surface area contributed by atoms with Gasteiger partial charge in [-0.15, -0.1) is 0 Å². The molecular formula is C17H26O3. The zero-order valence-electron chi connectivity index (χ0n) is 13.1. The first-order valence-electron chi connectivity index (χ1n) is 7.66. The summed E-state index contributed by atoms with van der Waals surface area (Å²) in [5.41, 5.74) is 0.942. The molecule has 0 unspecified atom stereocenters. The van der Waals surface area contributed by atoms with Crippen LogP contribution in [-0.2, 0) is 14.3 Å². The molecule has 2 rings (SSSR count). The molecule has 0 aromatic carbocycles. The molecular weight excluding hydrogens is 252 g/mol. The summed E-state index contributed by atoms with van der Waals surface area (Å²) in [5, 5.41) is 0. The van der Waals surface area contributed by atoms with Crippen molar-refractivity contribution in [3.8, 4) is 0 Å². The molecule has 0 heterocycles. The molecule has 3 nitrogen and oxygen atoms in total. The topological polar surface area (TPSA) is 43.4 Å². The zero-order valence-corrected chi connectivity index (χ0v) is 13.1. The Kier molecular flexibility index (Phi) is 4.08. The summed E-state index contributed by atoms with van der Waals surface area (Å²) in [6, 6.07) is 0. The molecule has 0 N–H and O–H groups in total. The highest BCUT2D eigenvalue weighted by atomic mass is 16.6. The van der Waals surface area contributed by atoms with Gasteiger partial charge in [-0.3, -0.25) is 9.59 Å². The lowest BCUT2D eigenvalue weighted by atomic mass is 9.63. The van der Waals surface area contributed by atoms with E-state index < -0.39 is 5.60 Å². The summed E-state index contributed by atoms with van der Waals surface area (Å²) in [6.07, 6.45) is 7.43. The lowest BCUT2D eigenvalue weighted by molar-refractivity contribution is -0.157. The number of ether oxygens (including phenoxy) is 1. The maximum absolute atomic E-state index is 12.2. The quantitative estimate of drug-likeness (QED) is 0.721. The molecule has 0 aromatic rings. The minimum Gasteiger partial charge on any atom is -0.460 e. The molecule has 1 fully saturated rings. The fraction of sp³-hybridized carbons (Fsp3) is 0.765. The van der Waals surface area contributed by atoms with Gasteiger partial charge in [0.1, 0.15) is 5.60 Å². The maximum Gasteiger partial charge on any atom is 0.307 e. The van der Waals surface area contributed by atoms with E-state index in [-0.39, 0.29) is 29.5 Å².